The van der Waals surface area contributed by atoms with Crippen LogP contribution in [-0.4, -0.2) is 54.0 Å². The topological polar surface area (TPSA) is 97.6 Å². The predicted molar refractivity (Wildman–Crippen MR) is 76.5 cm³/mol. The number of morpholine rings is 1. The Labute approximate surface area is 123 Å². The summed E-state index contributed by atoms with van der Waals surface area (Å²) in [5.41, 5.74) is 6.60. The van der Waals surface area contributed by atoms with Crippen molar-refractivity contribution in [3.05, 3.63) is 29.6 Å². The molecule has 0 bridgehead atoms. The van der Waals surface area contributed by atoms with Gasteiger partial charge in [-0.3, -0.25) is 14.6 Å². The molecule has 1 aromatic heterocycles. The maximum absolute atomic E-state index is 12.2. The van der Waals surface area contributed by atoms with E-state index in [1.54, 1.807) is 30.2 Å². The third-order valence-corrected chi connectivity index (χ3v) is 3.33. The molecule has 21 heavy (non-hydrogen) atoms. The number of aromatic nitrogens is 1. The Hall–Kier alpha value is -1.99. The number of hydrogen-bond donors (Lipinski definition) is 2. The molecule has 7 nitrogen and oxygen atoms in total. The van der Waals surface area contributed by atoms with Crippen LogP contribution in [0.5, 0.6) is 0 Å². The van der Waals surface area contributed by atoms with Gasteiger partial charge in [0.15, 0.2) is 0 Å². The van der Waals surface area contributed by atoms with Gasteiger partial charge in [0.2, 0.25) is 5.91 Å². The van der Waals surface area contributed by atoms with Gasteiger partial charge >= 0.3 is 0 Å². The number of rotatable bonds is 4. The molecule has 1 saturated heterocycles. The van der Waals surface area contributed by atoms with E-state index in [0.29, 0.717) is 32.8 Å². The van der Waals surface area contributed by atoms with Crippen molar-refractivity contribution in [1.29, 1.82) is 0 Å². The van der Waals surface area contributed by atoms with Crippen LogP contribution in [0.3, 0.4) is 0 Å². The van der Waals surface area contributed by atoms with Gasteiger partial charge in [-0.15, -0.1) is 0 Å². The summed E-state index contributed by atoms with van der Waals surface area (Å²) in [5, 5.41) is 2.67. The molecule has 7 heteroatoms. The van der Waals surface area contributed by atoms with E-state index in [0.717, 1.165) is 5.56 Å². The normalized spacial score (nSPS) is 16.4. The maximum Gasteiger partial charge on any atom is 0.270 e. The molecule has 1 aromatic rings. The molecule has 1 aliphatic heterocycles. The first-order chi connectivity index (χ1) is 10.1. The Morgan fingerprint density at radius 3 is 2.71 bits per heavy atom. The van der Waals surface area contributed by atoms with Gasteiger partial charge in [0, 0.05) is 25.8 Å². The average Bonchev–Trinajstić information content (AvgIpc) is 2.55. The Morgan fingerprint density at radius 1 is 1.43 bits per heavy atom. The van der Waals surface area contributed by atoms with Gasteiger partial charge < -0.3 is 20.7 Å². The molecule has 0 aliphatic carbocycles. The number of carbonyl (C=O) groups is 2. The van der Waals surface area contributed by atoms with Crippen molar-refractivity contribution in [2.45, 2.75) is 19.5 Å². The lowest BCUT2D eigenvalue weighted by Gasteiger charge is -2.29. The summed E-state index contributed by atoms with van der Waals surface area (Å²) in [4.78, 5) is 30.0. The van der Waals surface area contributed by atoms with Crippen LogP contribution in [0.15, 0.2) is 18.3 Å². The minimum absolute atomic E-state index is 0.106. The van der Waals surface area contributed by atoms with Crippen LogP contribution < -0.4 is 11.1 Å². The highest BCUT2D eigenvalue weighted by Gasteiger charge is 2.24. The summed E-state index contributed by atoms with van der Waals surface area (Å²) >= 11 is 0. The second-order valence-corrected chi connectivity index (χ2v) is 4.89. The quantitative estimate of drug-likeness (QED) is 0.781. The Balaban J connectivity index is 1.92. The summed E-state index contributed by atoms with van der Waals surface area (Å²) < 4.78 is 5.20. The highest BCUT2D eigenvalue weighted by molar-refractivity contribution is 5.95. The fourth-order valence-electron chi connectivity index (χ4n) is 2.07. The zero-order chi connectivity index (χ0) is 15.2. The Bertz CT molecular complexity index is 497. The van der Waals surface area contributed by atoms with Gasteiger partial charge in [0.05, 0.1) is 13.2 Å². The van der Waals surface area contributed by atoms with Gasteiger partial charge in [-0.25, -0.2) is 0 Å². The number of carbonyl (C=O) groups excluding carboxylic acids is 2. The zero-order valence-electron chi connectivity index (χ0n) is 12.0. The smallest absolute Gasteiger partial charge is 0.270 e. The van der Waals surface area contributed by atoms with Crippen LogP contribution in [-0.2, 0) is 16.1 Å². The lowest BCUT2D eigenvalue weighted by molar-refractivity contribution is -0.136. The number of nitrogens with zero attached hydrogens (tertiary/aromatic N) is 2. The summed E-state index contributed by atoms with van der Waals surface area (Å²) in [5.74, 6) is -0.474. The summed E-state index contributed by atoms with van der Waals surface area (Å²) in [7, 11) is 0. The van der Waals surface area contributed by atoms with Crippen LogP contribution in [0.1, 0.15) is 23.0 Å². The van der Waals surface area contributed by atoms with Crippen molar-refractivity contribution in [2.75, 3.05) is 26.3 Å². The van der Waals surface area contributed by atoms with Gasteiger partial charge in [0.25, 0.3) is 5.91 Å². The minimum atomic E-state index is -0.591. The van der Waals surface area contributed by atoms with E-state index in [2.05, 4.69) is 10.3 Å². The average molecular weight is 292 g/mol. The van der Waals surface area contributed by atoms with Crippen molar-refractivity contribution in [3.8, 4) is 0 Å². The Morgan fingerprint density at radius 2 is 2.14 bits per heavy atom. The van der Waals surface area contributed by atoms with Gasteiger partial charge in [-0.05, 0) is 18.6 Å². The number of amides is 2. The lowest BCUT2D eigenvalue weighted by atomic mass is 10.2. The number of hydrogen-bond acceptors (Lipinski definition) is 5. The molecule has 3 N–H and O–H groups in total. The first-order valence-corrected chi connectivity index (χ1v) is 6.94. The molecular formula is C14H20N4O3. The molecule has 0 aromatic carbocycles. The minimum Gasteiger partial charge on any atom is -0.378 e. The number of nitrogens with two attached hydrogens (primary N) is 1. The van der Waals surface area contributed by atoms with Crippen LogP contribution in [0.2, 0.25) is 0 Å². The van der Waals surface area contributed by atoms with Crippen molar-refractivity contribution in [2.24, 2.45) is 5.73 Å². The van der Waals surface area contributed by atoms with E-state index >= 15 is 0 Å². The number of nitrogens with one attached hydrogen (secondary N) is 1. The molecule has 0 spiro atoms. The van der Waals surface area contributed by atoms with Crippen molar-refractivity contribution >= 4 is 11.8 Å². The molecule has 1 unspecified atom stereocenters. The van der Waals surface area contributed by atoms with Crippen molar-refractivity contribution in [1.82, 2.24) is 15.2 Å². The second-order valence-electron chi connectivity index (χ2n) is 4.89. The van der Waals surface area contributed by atoms with Crippen molar-refractivity contribution in [3.63, 3.8) is 0 Å². The summed E-state index contributed by atoms with van der Waals surface area (Å²) in [6.07, 6.45) is 1.56. The summed E-state index contributed by atoms with van der Waals surface area (Å²) in [6.45, 7) is 4.23. The molecule has 1 atom stereocenters. The SMILES string of the molecule is CC(NC(=O)c1ccc(CN)cn1)C(=O)N1CCOCC1. The molecule has 2 rings (SSSR count). The van der Waals surface area contributed by atoms with E-state index in [9.17, 15) is 9.59 Å². The predicted octanol–water partition coefficient (Wildman–Crippen LogP) is -0.483. The molecule has 114 valence electrons. The molecule has 1 fully saturated rings. The lowest BCUT2D eigenvalue weighted by Crippen LogP contribution is -2.50. The summed E-state index contributed by atoms with van der Waals surface area (Å²) in [6, 6.07) is 2.76. The van der Waals surface area contributed by atoms with Crippen LogP contribution in [0.25, 0.3) is 0 Å². The monoisotopic (exact) mass is 292 g/mol. The van der Waals surface area contributed by atoms with Gasteiger partial charge in [0.1, 0.15) is 11.7 Å². The fourth-order valence-corrected chi connectivity index (χ4v) is 2.07. The van der Waals surface area contributed by atoms with E-state index < -0.39 is 6.04 Å². The third kappa shape index (κ3) is 3.99. The van der Waals surface area contributed by atoms with E-state index in [1.165, 1.54) is 0 Å². The highest BCUT2D eigenvalue weighted by Crippen LogP contribution is 2.03. The maximum atomic E-state index is 12.2. The van der Waals surface area contributed by atoms with E-state index in [4.69, 9.17) is 10.5 Å². The van der Waals surface area contributed by atoms with Crippen molar-refractivity contribution < 1.29 is 14.3 Å². The first-order valence-electron chi connectivity index (χ1n) is 6.94. The largest absolute Gasteiger partial charge is 0.378 e. The number of ether oxygens (including phenoxy) is 1. The molecule has 1 aliphatic rings. The standard InChI is InChI=1S/C14H20N4O3/c1-10(14(20)18-4-6-21-7-5-18)17-13(19)12-3-2-11(8-15)9-16-12/h2-3,9-10H,4-8,15H2,1H3,(H,17,19). The van der Waals surface area contributed by atoms with E-state index in [-0.39, 0.29) is 17.5 Å². The second kappa shape index (κ2) is 7.14. The fraction of sp³-hybridized carbons (Fsp3) is 0.500. The van der Waals surface area contributed by atoms with Crippen LogP contribution in [0.4, 0.5) is 0 Å². The van der Waals surface area contributed by atoms with Crippen LogP contribution in [0, 0.1) is 0 Å². The molecular weight excluding hydrogens is 272 g/mol. The first kappa shape index (κ1) is 15.4. The third-order valence-electron chi connectivity index (χ3n) is 3.33. The van der Waals surface area contributed by atoms with Gasteiger partial charge in [-0.2, -0.15) is 0 Å². The molecule has 2 amide bonds. The van der Waals surface area contributed by atoms with Gasteiger partial charge in [-0.1, -0.05) is 6.07 Å². The van der Waals surface area contributed by atoms with Crippen LogP contribution >= 0.6 is 0 Å². The zero-order valence-corrected chi connectivity index (χ0v) is 12.0. The molecule has 0 saturated carbocycles. The molecule has 2 heterocycles. The Kier molecular flexibility index (Phi) is 5.24. The number of pyridine rings is 1. The molecule has 0 radical (unpaired) electrons. The van der Waals surface area contributed by atoms with E-state index in [1.807, 2.05) is 0 Å². The highest BCUT2D eigenvalue weighted by atomic mass is 16.5.